The Hall–Kier alpha value is -1.46. The monoisotopic (exact) mass is 278 g/mol. The number of aliphatic hydroxyl groups is 1. The number of para-hydroxylation sites is 1. The fourth-order valence-corrected chi connectivity index (χ4v) is 3.03. The van der Waals surface area contributed by atoms with Gasteiger partial charge in [0.2, 0.25) is 0 Å². The molecule has 0 aliphatic heterocycles. The van der Waals surface area contributed by atoms with Gasteiger partial charge in [-0.1, -0.05) is 24.6 Å². The van der Waals surface area contributed by atoms with Gasteiger partial charge in [0.1, 0.15) is 0 Å². The van der Waals surface area contributed by atoms with Crippen LogP contribution in [0.2, 0.25) is 0 Å². The zero-order valence-electron chi connectivity index (χ0n) is 11.6. The Bertz CT molecular complexity index is 450. The third-order valence-electron chi connectivity index (χ3n) is 4.22. The maximum atomic E-state index is 10.9. The quantitative estimate of drug-likeness (QED) is 0.455. The predicted octanol–water partition coefficient (Wildman–Crippen LogP) is 2.14. The summed E-state index contributed by atoms with van der Waals surface area (Å²) in [5.41, 5.74) is 0.971. The van der Waals surface area contributed by atoms with Gasteiger partial charge in [-0.3, -0.25) is 10.1 Å². The van der Waals surface area contributed by atoms with E-state index in [4.69, 9.17) is 0 Å². The van der Waals surface area contributed by atoms with Gasteiger partial charge in [-0.2, -0.15) is 0 Å². The molecular weight excluding hydrogens is 256 g/mol. The van der Waals surface area contributed by atoms with Crippen LogP contribution in [0.1, 0.15) is 24.8 Å². The third-order valence-corrected chi connectivity index (χ3v) is 4.22. The van der Waals surface area contributed by atoms with Crippen molar-refractivity contribution >= 4 is 5.69 Å². The number of nitro groups is 1. The van der Waals surface area contributed by atoms with Crippen LogP contribution in [0.3, 0.4) is 0 Å². The minimum atomic E-state index is -0.325. The fourth-order valence-electron chi connectivity index (χ4n) is 3.03. The first kappa shape index (κ1) is 14.9. The predicted molar refractivity (Wildman–Crippen MR) is 77.6 cm³/mol. The third kappa shape index (κ3) is 3.77. The fraction of sp³-hybridized carbons (Fsp3) is 0.600. The number of nitrogens with zero attached hydrogens (tertiary/aromatic N) is 1. The highest BCUT2D eigenvalue weighted by molar-refractivity contribution is 5.39. The van der Waals surface area contributed by atoms with E-state index in [-0.39, 0.29) is 17.2 Å². The molecule has 2 N–H and O–H groups in total. The van der Waals surface area contributed by atoms with Crippen LogP contribution >= 0.6 is 0 Å². The van der Waals surface area contributed by atoms with Crippen molar-refractivity contribution in [1.29, 1.82) is 0 Å². The number of benzene rings is 1. The summed E-state index contributed by atoms with van der Waals surface area (Å²) >= 11 is 0. The Balaban J connectivity index is 1.77. The molecule has 0 spiro atoms. The van der Waals surface area contributed by atoms with Crippen molar-refractivity contribution in [3.8, 4) is 0 Å². The van der Waals surface area contributed by atoms with Crippen LogP contribution in [0.4, 0.5) is 5.69 Å². The summed E-state index contributed by atoms with van der Waals surface area (Å²) in [4.78, 5) is 10.6. The van der Waals surface area contributed by atoms with E-state index in [1.54, 1.807) is 12.1 Å². The number of aliphatic hydroxyl groups excluding tert-OH is 1. The summed E-state index contributed by atoms with van der Waals surface area (Å²) in [6.45, 7) is 1.90. The van der Waals surface area contributed by atoms with Crippen molar-refractivity contribution in [3.63, 3.8) is 0 Å². The second-order valence-corrected chi connectivity index (χ2v) is 5.47. The summed E-state index contributed by atoms with van der Waals surface area (Å²) in [7, 11) is 0. The van der Waals surface area contributed by atoms with Gasteiger partial charge in [-0.25, -0.2) is 0 Å². The maximum absolute atomic E-state index is 10.9. The average Bonchev–Trinajstić information content (AvgIpc) is 2.91. The molecule has 1 aromatic rings. The Morgan fingerprint density at radius 1 is 1.30 bits per heavy atom. The molecule has 2 rings (SSSR count). The molecule has 0 amide bonds. The summed E-state index contributed by atoms with van der Waals surface area (Å²) in [6.07, 6.45) is 4.14. The van der Waals surface area contributed by atoms with E-state index in [0.717, 1.165) is 25.1 Å². The first-order chi connectivity index (χ1) is 9.72. The molecule has 1 aliphatic rings. The maximum Gasteiger partial charge on any atom is 0.272 e. The zero-order valence-corrected chi connectivity index (χ0v) is 11.6. The molecule has 1 aliphatic carbocycles. The molecule has 0 aromatic heterocycles. The van der Waals surface area contributed by atoms with E-state index < -0.39 is 0 Å². The highest BCUT2D eigenvalue weighted by Crippen LogP contribution is 2.30. The average molecular weight is 278 g/mol. The smallest absolute Gasteiger partial charge is 0.272 e. The Morgan fingerprint density at radius 2 is 2.05 bits per heavy atom. The molecule has 2 unspecified atom stereocenters. The summed E-state index contributed by atoms with van der Waals surface area (Å²) in [5.74, 6) is 0.972. The van der Waals surface area contributed by atoms with Gasteiger partial charge in [0.05, 0.1) is 4.92 Å². The van der Waals surface area contributed by atoms with E-state index in [1.807, 2.05) is 12.1 Å². The molecule has 1 saturated carbocycles. The van der Waals surface area contributed by atoms with Crippen LogP contribution in [0.15, 0.2) is 24.3 Å². The molecule has 5 nitrogen and oxygen atoms in total. The second-order valence-electron chi connectivity index (χ2n) is 5.47. The Kier molecular flexibility index (Phi) is 5.49. The van der Waals surface area contributed by atoms with Crippen LogP contribution < -0.4 is 5.32 Å². The van der Waals surface area contributed by atoms with Crippen LogP contribution in [-0.4, -0.2) is 29.7 Å². The lowest BCUT2D eigenvalue weighted by molar-refractivity contribution is -0.385. The van der Waals surface area contributed by atoms with Crippen molar-refractivity contribution in [2.75, 3.05) is 19.7 Å². The second kappa shape index (κ2) is 7.36. The standard InChI is InChI=1S/C15H22N2O3/c18-11-14-6-3-5-13(14)10-16-9-8-12-4-1-2-7-15(12)17(19)20/h1-2,4,7,13-14,16,18H,3,5-6,8-11H2. The minimum absolute atomic E-state index is 0.198. The molecule has 0 saturated heterocycles. The van der Waals surface area contributed by atoms with Crippen molar-refractivity contribution in [3.05, 3.63) is 39.9 Å². The van der Waals surface area contributed by atoms with E-state index in [1.165, 1.54) is 12.8 Å². The van der Waals surface area contributed by atoms with Gasteiger partial charge >= 0.3 is 0 Å². The van der Waals surface area contributed by atoms with Gasteiger partial charge in [0, 0.05) is 18.2 Å². The first-order valence-electron chi connectivity index (χ1n) is 7.26. The molecule has 5 heteroatoms. The molecule has 2 atom stereocenters. The molecule has 1 fully saturated rings. The van der Waals surface area contributed by atoms with Gasteiger partial charge in [0.15, 0.2) is 0 Å². The number of nitrogens with one attached hydrogen (secondary N) is 1. The van der Waals surface area contributed by atoms with E-state index in [0.29, 0.717) is 18.3 Å². The molecule has 20 heavy (non-hydrogen) atoms. The van der Waals surface area contributed by atoms with Gasteiger partial charge in [0.25, 0.3) is 5.69 Å². The lowest BCUT2D eigenvalue weighted by Gasteiger charge is -2.17. The zero-order chi connectivity index (χ0) is 14.4. The van der Waals surface area contributed by atoms with Crippen molar-refractivity contribution in [2.24, 2.45) is 11.8 Å². The molecule has 0 heterocycles. The van der Waals surface area contributed by atoms with Crippen molar-refractivity contribution < 1.29 is 10.0 Å². The lowest BCUT2D eigenvalue weighted by Crippen LogP contribution is -2.28. The molecule has 0 radical (unpaired) electrons. The molecular formula is C15H22N2O3. The van der Waals surface area contributed by atoms with Gasteiger partial charge < -0.3 is 10.4 Å². The van der Waals surface area contributed by atoms with Crippen molar-refractivity contribution in [1.82, 2.24) is 5.32 Å². The Morgan fingerprint density at radius 3 is 2.80 bits per heavy atom. The first-order valence-corrected chi connectivity index (χ1v) is 7.26. The number of hydrogen-bond acceptors (Lipinski definition) is 4. The van der Waals surface area contributed by atoms with Crippen LogP contribution in [-0.2, 0) is 6.42 Å². The highest BCUT2D eigenvalue weighted by Gasteiger charge is 2.25. The lowest BCUT2D eigenvalue weighted by atomic mass is 9.97. The Labute approximate surface area is 119 Å². The molecule has 1 aromatic carbocycles. The van der Waals surface area contributed by atoms with Crippen LogP contribution in [0.5, 0.6) is 0 Å². The molecule has 0 bridgehead atoms. The number of hydrogen-bond donors (Lipinski definition) is 2. The normalized spacial score (nSPS) is 22.1. The van der Waals surface area contributed by atoms with E-state index in [2.05, 4.69) is 5.32 Å². The highest BCUT2D eigenvalue weighted by atomic mass is 16.6. The van der Waals surface area contributed by atoms with E-state index >= 15 is 0 Å². The van der Waals surface area contributed by atoms with Crippen LogP contribution in [0.25, 0.3) is 0 Å². The summed E-state index contributed by atoms with van der Waals surface area (Å²) < 4.78 is 0. The summed E-state index contributed by atoms with van der Waals surface area (Å²) in [5, 5.41) is 23.5. The topological polar surface area (TPSA) is 75.4 Å². The largest absolute Gasteiger partial charge is 0.396 e. The molecule has 110 valence electrons. The van der Waals surface area contributed by atoms with Crippen molar-refractivity contribution in [2.45, 2.75) is 25.7 Å². The van der Waals surface area contributed by atoms with Crippen LogP contribution in [0, 0.1) is 22.0 Å². The summed E-state index contributed by atoms with van der Waals surface area (Å²) in [6, 6.07) is 6.89. The van der Waals surface area contributed by atoms with Gasteiger partial charge in [-0.15, -0.1) is 0 Å². The van der Waals surface area contributed by atoms with Gasteiger partial charge in [-0.05, 0) is 44.2 Å². The number of rotatable bonds is 7. The number of nitro benzene ring substituents is 1. The SMILES string of the molecule is O=[N+]([O-])c1ccccc1CCNCC1CCCC1CO. The van der Waals surface area contributed by atoms with E-state index in [9.17, 15) is 15.2 Å². The minimum Gasteiger partial charge on any atom is -0.396 e.